The number of rotatable bonds is 5. The highest BCUT2D eigenvalue weighted by molar-refractivity contribution is 7.94. The van der Waals surface area contributed by atoms with Crippen LogP contribution in [0.4, 0.5) is 10.8 Å². The summed E-state index contributed by atoms with van der Waals surface area (Å²) >= 11 is 6.57. The van der Waals surface area contributed by atoms with Crippen molar-refractivity contribution in [2.24, 2.45) is 0 Å². The lowest BCUT2D eigenvalue weighted by molar-refractivity contribution is 0.102. The van der Waals surface area contributed by atoms with E-state index in [2.05, 4.69) is 15.5 Å². The Balaban J connectivity index is 1.78. The molecule has 0 fully saturated rings. The molecule has 0 spiro atoms. The van der Waals surface area contributed by atoms with E-state index in [1.807, 2.05) is 0 Å². The van der Waals surface area contributed by atoms with Gasteiger partial charge < -0.3 is 0 Å². The number of amides is 1. The van der Waals surface area contributed by atoms with Crippen molar-refractivity contribution >= 4 is 49.7 Å². The number of carbonyl (C=O) groups is 1. The van der Waals surface area contributed by atoms with Gasteiger partial charge in [0.25, 0.3) is 20.3 Å². The SMILES string of the molecule is CN(c1ccccc1)S(=O)(=O)c1nnc(NC(=O)c2ccc(Cl)cc2)s1. The molecule has 7 nitrogen and oxygen atoms in total. The van der Waals surface area contributed by atoms with Crippen LogP contribution < -0.4 is 9.62 Å². The van der Waals surface area contributed by atoms with Crippen molar-refractivity contribution in [3.63, 3.8) is 0 Å². The minimum atomic E-state index is -3.87. The third-order valence-electron chi connectivity index (χ3n) is 3.43. The van der Waals surface area contributed by atoms with Crippen LogP contribution in [-0.4, -0.2) is 31.6 Å². The number of halogens is 1. The summed E-state index contributed by atoms with van der Waals surface area (Å²) in [6, 6.07) is 14.9. The molecule has 1 heterocycles. The van der Waals surface area contributed by atoms with Gasteiger partial charge in [-0.3, -0.25) is 14.4 Å². The maximum Gasteiger partial charge on any atom is 0.293 e. The molecule has 0 aliphatic rings. The van der Waals surface area contributed by atoms with E-state index in [-0.39, 0.29) is 9.47 Å². The molecule has 134 valence electrons. The lowest BCUT2D eigenvalue weighted by Crippen LogP contribution is -2.26. The van der Waals surface area contributed by atoms with Gasteiger partial charge in [-0.25, -0.2) is 0 Å². The standard InChI is InChI=1S/C16H13ClN4O3S2/c1-21(13-5-3-2-4-6-13)26(23,24)16-20-19-15(25-16)18-14(22)11-7-9-12(17)10-8-11/h2-10H,1H3,(H,18,19,22). The summed E-state index contributed by atoms with van der Waals surface area (Å²) in [5.74, 6) is -0.432. The molecule has 0 aliphatic carbocycles. The second-order valence-electron chi connectivity index (χ2n) is 5.14. The molecule has 1 N–H and O–H groups in total. The van der Waals surface area contributed by atoms with Crippen molar-refractivity contribution in [3.8, 4) is 0 Å². The number of nitrogens with one attached hydrogen (secondary N) is 1. The van der Waals surface area contributed by atoms with Crippen molar-refractivity contribution in [3.05, 3.63) is 65.2 Å². The van der Waals surface area contributed by atoms with Crippen LogP contribution in [0.2, 0.25) is 5.02 Å². The van der Waals surface area contributed by atoms with Gasteiger partial charge in [-0.05, 0) is 36.4 Å². The molecule has 1 aromatic heterocycles. The second kappa shape index (κ2) is 7.40. The Morgan fingerprint density at radius 3 is 2.38 bits per heavy atom. The minimum absolute atomic E-state index is 0.0880. The number of aromatic nitrogens is 2. The van der Waals surface area contributed by atoms with Crippen molar-refractivity contribution in [1.29, 1.82) is 0 Å². The van der Waals surface area contributed by atoms with Crippen molar-refractivity contribution in [2.75, 3.05) is 16.7 Å². The molecule has 1 amide bonds. The number of nitrogens with zero attached hydrogens (tertiary/aromatic N) is 3. The fraction of sp³-hybridized carbons (Fsp3) is 0.0625. The van der Waals surface area contributed by atoms with E-state index in [9.17, 15) is 13.2 Å². The first-order valence-corrected chi connectivity index (χ1v) is 9.96. The fourth-order valence-corrected chi connectivity index (χ4v) is 4.40. The zero-order chi connectivity index (χ0) is 18.7. The van der Waals surface area contributed by atoms with E-state index in [0.717, 1.165) is 15.6 Å². The van der Waals surface area contributed by atoms with Crippen molar-refractivity contribution < 1.29 is 13.2 Å². The predicted molar refractivity (Wildman–Crippen MR) is 101 cm³/mol. The third-order valence-corrected chi connectivity index (χ3v) is 6.66. The van der Waals surface area contributed by atoms with E-state index >= 15 is 0 Å². The van der Waals surface area contributed by atoms with Crippen LogP contribution >= 0.6 is 22.9 Å². The molecular weight excluding hydrogens is 396 g/mol. The van der Waals surface area contributed by atoms with Crippen LogP contribution in [0.25, 0.3) is 0 Å². The van der Waals surface area contributed by atoms with Gasteiger partial charge in [0.2, 0.25) is 5.13 Å². The number of sulfonamides is 1. The molecule has 2 aromatic carbocycles. The highest BCUT2D eigenvalue weighted by Gasteiger charge is 2.26. The molecule has 0 saturated carbocycles. The number of carbonyl (C=O) groups excluding carboxylic acids is 1. The van der Waals surface area contributed by atoms with Crippen LogP contribution in [-0.2, 0) is 10.0 Å². The van der Waals surface area contributed by atoms with Crippen LogP contribution in [0.5, 0.6) is 0 Å². The Kier molecular flexibility index (Phi) is 5.21. The summed E-state index contributed by atoms with van der Waals surface area (Å²) in [6.45, 7) is 0. The summed E-state index contributed by atoms with van der Waals surface area (Å²) in [7, 11) is -2.44. The van der Waals surface area contributed by atoms with Gasteiger partial charge in [0.05, 0.1) is 5.69 Å². The first kappa shape index (κ1) is 18.3. The molecule has 3 rings (SSSR count). The molecule has 0 atom stereocenters. The molecular formula is C16H13ClN4O3S2. The molecule has 0 unspecified atom stereocenters. The summed E-state index contributed by atoms with van der Waals surface area (Å²) in [5.41, 5.74) is 0.866. The zero-order valence-corrected chi connectivity index (χ0v) is 15.8. The van der Waals surface area contributed by atoms with E-state index in [4.69, 9.17) is 11.6 Å². The Morgan fingerprint density at radius 2 is 1.73 bits per heavy atom. The van der Waals surface area contributed by atoms with Gasteiger partial charge >= 0.3 is 0 Å². The Hall–Kier alpha value is -2.49. The molecule has 10 heteroatoms. The Labute approximate surface area is 159 Å². The van der Waals surface area contributed by atoms with Crippen molar-refractivity contribution in [2.45, 2.75) is 4.34 Å². The lowest BCUT2D eigenvalue weighted by Gasteiger charge is -2.16. The third kappa shape index (κ3) is 3.85. The van der Waals surface area contributed by atoms with Crippen LogP contribution in [0.15, 0.2) is 58.9 Å². The summed E-state index contributed by atoms with van der Waals surface area (Å²) < 4.78 is 26.2. The highest BCUT2D eigenvalue weighted by Crippen LogP contribution is 2.26. The normalized spacial score (nSPS) is 11.2. The maximum atomic E-state index is 12.6. The second-order valence-corrected chi connectivity index (χ2v) is 8.70. The number of hydrogen-bond acceptors (Lipinski definition) is 6. The fourth-order valence-electron chi connectivity index (χ4n) is 2.03. The van der Waals surface area contributed by atoms with Crippen LogP contribution in [0.1, 0.15) is 10.4 Å². The number of hydrogen-bond donors (Lipinski definition) is 1. The predicted octanol–water partition coefficient (Wildman–Crippen LogP) is 3.27. The molecule has 0 aliphatic heterocycles. The smallest absolute Gasteiger partial charge is 0.293 e. The number of para-hydroxylation sites is 1. The van der Waals surface area contributed by atoms with Crippen molar-refractivity contribution in [1.82, 2.24) is 10.2 Å². The summed E-state index contributed by atoms with van der Waals surface area (Å²) in [4.78, 5) is 12.2. The van der Waals surface area contributed by atoms with Gasteiger partial charge in [0.1, 0.15) is 0 Å². The molecule has 26 heavy (non-hydrogen) atoms. The van der Waals surface area contributed by atoms with Crippen LogP contribution in [0.3, 0.4) is 0 Å². The molecule has 0 bridgehead atoms. The maximum absolute atomic E-state index is 12.6. The summed E-state index contributed by atoms with van der Waals surface area (Å²) in [5, 5.41) is 10.6. The van der Waals surface area contributed by atoms with Gasteiger partial charge in [-0.1, -0.05) is 41.1 Å². The largest absolute Gasteiger partial charge is 0.296 e. The molecule has 0 radical (unpaired) electrons. The highest BCUT2D eigenvalue weighted by atomic mass is 35.5. The van der Waals surface area contributed by atoms with Crippen LogP contribution in [0, 0.1) is 0 Å². The van der Waals surface area contributed by atoms with Gasteiger partial charge in [-0.15, -0.1) is 10.2 Å². The van der Waals surface area contributed by atoms with E-state index in [0.29, 0.717) is 16.3 Å². The number of benzene rings is 2. The topological polar surface area (TPSA) is 92.3 Å². The average Bonchev–Trinajstić information content (AvgIpc) is 3.11. The lowest BCUT2D eigenvalue weighted by atomic mass is 10.2. The first-order chi connectivity index (χ1) is 12.4. The quantitative estimate of drug-likeness (QED) is 0.654. The number of anilines is 2. The van der Waals surface area contributed by atoms with E-state index in [1.165, 1.54) is 7.05 Å². The van der Waals surface area contributed by atoms with E-state index in [1.54, 1.807) is 54.6 Å². The minimum Gasteiger partial charge on any atom is -0.296 e. The van der Waals surface area contributed by atoms with Gasteiger partial charge in [0.15, 0.2) is 0 Å². The first-order valence-electron chi connectivity index (χ1n) is 7.32. The Bertz CT molecular complexity index is 1020. The molecule has 3 aromatic rings. The molecule has 0 saturated heterocycles. The van der Waals surface area contributed by atoms with Gasteiger partial charge in [0, 0.05) is 17.6 Å². The Morgan fingerprint density at radius 1 is 1.08 bits per heavy atom. The zero-order valence-electron chi connectivity index (χ0n) is 13.5. The average molecular weight is 409 g/mol. The monoisotopic (exact) mass is 408 g/mol. The van der Waals surface area contributed by atoms with Gasteiger partial charge in [-0.2, -0.15) is 8.42 Å². The van der Waals surface area contributed by atoms with E-state index < -0.39 is 15.9 Å². The summed E-state index contributed by atoms with van der Waals surface area (Å²) in [6.07, 6.45) is 0.